The van der Waals surface area contributed by atoms with Crippen LogP contribution in [0.5, 0.6) is 5.75 Å². The number of hydrogen-bond acceptors (Lipinski definition) is 14. The molecule has 1 saturated heterocycles. The van der Waals surface area contributed by atoms with Crippen LogP contribution in [-0.4, -0.2) is 162 Å². The third-order valence-electron chi connectivity index (χ3n) is 21.6. The molecule has 1 fully saturated rings. The molecule has 6 amide bonds. The van der Waals surface area contributed by atoms with Crippen molar-refractivity contribution in [2.45, 2.75) is 105 Å². The molecule has 0 radical (unpaired) electrons. The van der Waals surface area contributed by atoms with E-state index in [1.54, 1.807) is 13.3 Å². The zero-order valence-electron chi connectivity index (χ0n) is 63.8. The van der Waals surface area contributed by atoms with Crippen molar-refractivity contribution in [1.82, 2.24) is 98.7 Å². The summed E-state index contributed by atoms with van der Waals surface area (Å²) in [6, 6.07) is 49.4. The van der Waals surface area contributed by atoms with Crippen molar-refractivity contribution in [3.8, 4) is 28.9 Å². The predicted octanol–water partition coefficient (Wildman–Crippen LogP) is 10.2. The molecule has 14 aromatic rings. The first-order valence-electron chi connectivity index (χ1n) is 38.9. The second-order valence-electron chi connectivity index (χ2n) is 28.8. The van der Waals surface area contributed by atoms with Crippen LogP contribution in [0.15, 0.2) is 170 Å². The number of nitrogens with zero attached hydrogens (tertiary/aromatic N) is 14. The SMILES string of the molecule is C.CCc1nc2cccc3c2n1CCNC3=O.COc1cccc(CCNC(=O)CCc2nc3cccc4c3n2CCNC4=O)c1.Cn1cccc1-c1nc2cccc3c2n1CCNC3=O.Cn1ccnc1-c1nc2cccc3c2n1CCNC3=O.O=C1NCCn2c(CCc3ccc(CN4CCCC4)cc3)nc3cccc1c32. The van der Waals surface area contributed by atoms with Crippen LogP contribution >= 0.6 is 0 Å². The van der Waals surface area contributed by atoms with Gasteiger partial charge in [0.15, 0.2) is 17.5 Å². The van der Waals surface area contributed by atoms with Crippen molar-refractivity contribution in [2.75, 3.05) is 59.5 Å². The van der Waals surface area contributed by atoms with Crippen molar-refractivity contribution < 1.29 is 33.5 Å². The van der Waals surface area contributed by atoms with E-state index in [1.807, 2.05) is 163 Å². The van der Waals surface area contributed by atoms with E-state index in [0.717, 1.165) is 170 Å². The second kappa shape index (κ2) is 33.9. The smallest absolute Gasteiger partial charge is 0.253 e. The zero-order valence-corrected chi connectivity index (χ0v) is 63.8. The minimum atomic E-state index is -0.0731. The molecule has 0 atom stereocenters. The summed E-state index contributed by atoms with van der Waals surface area (Å²) in [6.07, 6.45) is 12.7. The molecule has 27 nitrogen and oxygen atoms in total. The molecule has 0 spiro atoms. The van der Waals surface area contributed by atoms with Crippen molar-refractivity contribution in [3.63, 3.8) is 0 Å². The standard InChI is InChI=1S/C23H26N4O.C22H24N4O3.C15H14N4O.C14H13N5O.C12H13N3O.CH4/c28-23-19-4-3-5-20-22(19)27(15-12-24-23)21(25-20)11-10-17-6-8-18(9-7-17)16-26-13-1-2-14-26;1-29-16-5-2-4-15(14-16)10-11-23-20(27)9-8-19-25-18-7-3-6-17-21(18)26(19)13-12-24-22(17)28;1-18-8-3-6-12(18)14-17-11-5-2-4-10-13(11)19(14)9-7-16-15(10)20;1-18-7-5-15-12(18)13-17-10-4-2-3-9-11(10)19(13)8-6-16-14(9)20;1-2-10-14-9-5-3-4-8-11(9)15(10)7-6-13-12(8)16;/h3-9H,1-2,10-16H2,(H,24,28);2-7,14H,8-13H2,1H3,(H,23,27)(H,24,28);2-6,8H,7,9H2,1H3,(H,16,20);2-5,7H,6,8H2,1H3,(H,16,20);3-5H,2,6-7H2,1H3,(H,13,16);1H4. The van der Waals surface area contributed by atoms with Gasteiger partial charge in [0.05, 0.1) is 95.8 Å². The Balaban J connectivity index is 0.000000114. The van der Waals surface area contributed by atoms with Gasteiger partial charge in [-0.2, -0.15) is 0 Å². The molecule has 7 aromatic carbocycles. The maximum atomic E-state index is 12.3. The summed E-state index contributed by atoms with van der Waals surface area (Å²) in [4.78, 5) is 103. The molecule has 114 heavy (non-hydrogen) atoms. The lowest BCUT2D eigenvalue weighted by Gasteiger charge is -2.14. The van der Waals surface area contributed by atoms with E-state index in [1.165, 1.54) is 37.1 Å². The number of rotatable bonds is 15. The maximum absolute atomic E-state index is 12.3. The Morgan fingerprint density at radius 3 is 1.34 bits per heavy atom. The predicted molar refractivity (Wildman–Crippen MR) is 439 cm³/mol. The van der Waals surface area contributed by atoms with Crippen LogP contribution in [0.2, 0.25) is 0 Å². The van der Waals surface area contributed by atoms with E-state index < -0.39 is 0 Å². The molecule has 6 aliphatic rings. The van der Waals surface area contributed by atoms with E-state index in [9.17, 15) is 28.8 Å². The largest absolute Gasteiger partial charge is 0.497 e. The molecule has 7 aromatic heterocycles. The Morgan fingerprint density at radius 1 is 0.430 bits per heavy atom. The number of methoxy groups -OCH3 is 1. The number of likely N-dealkylation sites (tertiary alicyclic amines) is 1. The number of ether oxygens (including phenoxy) is 1. The van der Waals surface area contributed by atoms with E-state index in [0.29, 0.717) is 81.9 Å². The van der Waals surface area contributed by atoms with Crippen LogP contribution in [0.4, 0.5) is 0 Å². The molecule has 0 aliphatic carbocycles. The molecule has 6 N–H and O–H groups in total. The first-order valence-corrected chi connectivity index (χ1v) is 38.9. The first kappa shape index (κ1) is 76.3. The quantitative estimate of drug-likeness (QED) is 0.0557. The molecule has 6 aliphatic heterocycles. The van der Waals surface area contributed by atoms with Gasteiger partial charge in [0.2, 0.25) is 5.91 Å². The van der Waals surface area contributed by atoms with Gasteiger partial charge in [-0.25, -0.2) is 29.9 Å². The Hall–Kier alpha value is -13.0. The number of aryl methyl sites for hydroxylation is 6. The highest BCUT2D eigenvalue weighted by molar-refractivity contribution is 6.09. The van der Waals surface area contributed by atoms with E-state index >= 15 is 0 Å². The van der Waals surface area contributed by atoms with E-state index in [2.05, 4.69) is 111 Å². The zero-order chi connectivity index (χ0) is 77.6. The van der Waals surface area contributed by atoms with Gasteiger partial charge in [-0.3, -0.25) is 33.7 Å². The molecule has 27 heteroatoms. The average molecular weight is 1530 g/mol. The van der Waals surface area contributed by atoms with Gasteiger partial charge in [-0.15, -0.1) is 0 Å². The lowest BCUT2D eigenvalue weighted by molar-refractivity contribution is -0.121. The van der Waals surface area contributed by atoms with Crippen molar-refractivity contribution in [1.29, 1.82) is 0 Å². The number of benzene rings is 7. The normalized spacial score (nSPS) is 14.6. The minimum absolute atomic E-state index is 0. The first-order chi connectivity index (χ1) is 55.2. The third kappa shape index (κ3) is 15.7. The number of hydrogen-bond donors (Lipinski definition) is 6. The molecule has 0 unspecified atom stereocenters. The van der Waals surface area contributed by atoms with Gasteiger partial charge in [0, 0.05) is 137 Å². The summed E-state index contributed by atoms with van der Waals surface area (Å²) >= 11 is 0. The van der Waals surface area contributed by atoms with Crippen LogP contribution in [0.1, 0.15) is 120 Å². The third-order valence-corrected chi connectivity index (χ3v) is 21.6. The van der Waals surface area contributed by atoms with Gasteiger partial charge in [-0.05, 0) is 140 Å². The van der Waals surface area contributed by atoms with E-state index in [-0.39, 0.29) is 42.9 Å². The summed E-state index contributed by atoms with van der Waals surface area (Å²) in [6.45, 7) is 13.0. The monoisotopic (exact) mass is 1530 g/mol. The topological polar surface area (TPSA) is 299 Å². The highest BCUT2D eigenvalue weighted by Crippen LogP contribution is 2.32. The van der Waals surface area contributed by atoms with Crippen molar-refractivity contribution >= 4 is 90.6 Å². The molecule has 584 valence electrons. The maximum Gasteiger partial charge on any atom is 0.253 e. The number of carbonyl (C=O) groups is 6. The molecule has 20 rings (SSSR count). The molecular weight excluding hydrogens is 1440 g/mol. The molecule has 0 saturated carbocycles. The lowest BCUT2D eigenvalue weighted by atomic mass is 10.1. The number of imidazole rings is 6. The van der Waals surface area contributed by atoms with Gasteiger partial charge in [0.1, 0.15) is 23.2 Å². The Bertz CT molecular complexity index is 5800. The van der Waals surface area contributed by atoms with Gasteiger partial charge >= 0.3 is 0 Å². The highest BCUT2D eigenvalue weighted by Gasteiger charge is 2.28. The lowest BCUT2D eigenvalue weighted by Crippen LogP contribution is -2.26. The molecular formula is C87H94N20O7. The Kier molecular flexibility index (Phi) is 22.7. The fourth-order valence-electron chi connectivity index (χ4n) is 16.1. The summed E-state index contributed by atoms with van der Waals surface area (Å²) in [5, 5.41) is 17.6. The number of amides is 6. The van der Waals surface area contributed by atoms with Crippen LogP contribution < -0.4 is 36.6 Å². The summed E-state index contributed by atoms with van der Waals surface area (Å²) in [5.74, 6) is 6.18. The molecule has 0 bridgehead atoms. The summed E-state index contributed by atoms with van der Waals surface area (Å²) in [7, 11) is 5.59. The second-order valence-corrected chi connectivity index (χ2v) is 28.8. The highest BCUT2D eigenvalue weighted by atomic mass is 16.5. The summed E-state index contributed by atoms with van der Waals surface area (Å²) in [5.41, 5.74) is 17.4. The minimum Gasteiger partial charge on any atom is -0.497 e. The number of carbonyl (C=O) groups excluding carboxylic acids is 6. The number of aromatic nitrogens is 13. The van der Waals surface area contributed by atoms with E-state index in [4.69, 9.17) is 14.7 Å². The van der Waals surface area contributed by atoms with Gasteiger partial charge in [-0.1, -0.05) is 81.1 Å². The van der Waals surface area contributed by atoms with Crippen molar-refractivity contribution in [3.05, 3.63) is 232 Å². The number of para-hydroxylation sites is 5. The Labute approximate surface area is 659 Å². The molecule has 13 heterocycles. The van der Waals surface area contributed by atoms with Gasteiger partial charge in [0.25, 0.3) is 29.5 Å². The summed E-state index contributed by atoms with van der Waals surface area (Å²) < 4.78 is 19.9. The van der Waals surface area contributed by atoms with Crippen LogP contribution in [0.3, 0.4) is 0 Å². The van der Waals surface area contributed by atoms with Crippen LogP contribution in [-0.2, 0) is 90.3 Å². The Morgan fingerprint density at radius 2 is 0.868 bits per heavy atom. The van der Waals surface area contributed by atoms with Crippen LogP contribution in [0.25, 0.3) is 78.3 Å². The fraction of sp³-hybridized carbons (Fsp3) is 0.310. The number of nitrogens with one attached hydrogen (secondary N) is 6. The van der Waals surface area contributed by atoms with Gasteiger partial charge < -0.3 is 68.6 Å². The fourth-order valence-corrected chi connectivity index (χ4v) is 16.1. The van der Waals surface area contributed by atoms with Crippen LogP contribution in [0, 0.1) is 0 Å². The average Bonchev–Trinajstić information content (AvgIpc) is 1.61. The van der Waals surface area contributed by atoms with Crippen molar-refractivity contribution in [2.24, 2.45) is 14.1 Å².